The molecule has 0 amide bonds. The summed E-state index contributed by atoms with van der Waals surface area (Å²) >= 11 is 0. The number of methoxy groups -OCH3 is 1. The molecule has 0 fully saturated rings. The molecular weight excluding hydrogens is 252 g/mol. The third-order valence-electron chi connectivity index (χ3n) is 3.05. The van der Waals surface area contributed by atoms with Gasteiger partial charge in [0.25, 0.3) is 0 Å². The number of carbonyl (C=O) groups is 1. The fraction of sp³-hybridized carbons (Fsp3) is 0.0625. The Morgan fingerprint density at radius 1 is 1.05 bits per heavy atom. The average molecular weight is 264 g/mol. The molecular formula is C16H12N2O2. The fourth-order valence-corrected chi connectivity index (χ4v) is 2.10. The minimum Gasteiger partial charge on any atom is -0.465 e. The van der Waals surface area contributed by atoms with Gasteiger partial charge in [0.15, 0.2) is 0 Å². The lowest BCUT2D eigenvalue weighted by Crippen LogP contribution is -2.04. The Labute approximate surface area is 116 Å². The quantitative estimate of drug-likeness (QED) is 0.667. The monoisotopic (exact) mass is 264 g/mol. The van der Waals surface area contributed by atoms with Crippen LogP contribution >= 0.6 is 0 Å². The number of pyridine rings is 2. The van der Waals surface area contributed by atoms with Crippen LogP contribution < -0.4 is 0 Å². The van der Waals surface area contributed by atoms with Gasteiger partial charge in [-0.2, -0.15) is 0 Å². The molecule has 0 aliphatic rings. The van der Waals surface area contributed by atoms with Crippen molar-refractivity contribution < 1.29 is 9.53 Å². The van der Waals surface area contributed by atoms with Crippen molar-refractivity contribution in [2.24, 2.45) is 0 Å². The van der Waals surface area contributed by atoms with Crippen LogP contribution in [0.4, 0.5) is 0 Å². The summed E-state index contributed by atoms with van der Waals surface area (Å²) < 4.78 is 4.85. The molecule has 0 N–H and O–H groups in total. The number of ether oxygens (including phenoxy) is 1. The van der Waals surface area contributed by atoms with E-state index in [-0.39, 0.29) is 5.97 Å². The highest BCUT2D eigenvalue weighted by Crippen LogP contribution is 2.24. The smallest absolute Gasteiger partial charge is 0.338 e. The van der Waals surface area contributed by atoms with Crippen LogP contribution in [0.1, 0.15) is 10.4 Å². The first-order valence-electron chi connectivity index (χ1n) is 6.19. The zero-order valence-electron chi connectivity index (χ0n) is 10.9. The summed E-state index contributed by atoms with van der Waals surface area (Å²) in [7, 11) is 1.37. The first-order chi connectivity index (χ1) is 9.79. The second kappa shape index (κ2) is 5.09. The summed E-state index contributed by atoms with van der Waals surface area (Å²) in [6.45, 7) is 0. The molecule has 0 bridgehead atoms. The van der Waals surface area contributed by atoms with Crippen molar-refractivity contribution in [3.63, 3.8) is 0 Å². The van der Waals surface area contributed by atoms with E-state index >= 15 is 0 Å². The van der Waals surface area contributed by atoms with E-state index in [0.717, 1.165) is 16.6 Å². The summed E-state index contributed by atoms with van der Waals surface area (Å²) in [6.07, 6.45) is 1.70. The molecule has 0 aliphatic carbocycles. The van der Waals surface area contributed by atoms with Gasteiger partial charge in [0.1, 0.15) is 0 Å². The van der Waals surface area contributed by atoms with Gasteiger partial charge in [-0.1, -0.05) is 24.3 Å². The second-order valence-electron chi connectivity index (χ2n) is 4.28. The molecule has 98 valence electrons. The largest absolute Gasteiger partial charge is 0.465 e. The predicted molar refractivity (Wildman–Crippen MR) is 76.3 cm³/mol. The van der Waals surface area contributed by atoms with Crippen LogP contribution in [0, 0.1) is 0 Å². The molecule has 3 rings (SSSR count). The zero-order valence-corrected chi connectivity index (χ0v) is 10.9. The highest BCUT2D eigenvalue weighted by Gasteiger charge is 2.14. The van der Waals surface area contributed by atoms with Crippen LogP contribution in [0.25, 0.3) is 22.3 Å². The van der Waals surface area contributed by atoms with Gasteiger partial charge < -0.3 is 4.74 Å². The van der Waals surface area contributed by atoms with Crippen LogP contribution in [0.15, 0.2) is 54.7 Å². The minimum absolute atomic E-state index is 0.374. The van der Waals surface area contributed by atoms with Crippen molar-refractivity contribution in [3.8, 4) is 11.4 Å². The van der Waals surface area contributed by atoms with Crippen molar-refractivity contribution in [1.82, 2.24) is 9.97 Å². The number of fused-ring (bicyclic) bond motifs is 1. The van der Waals surface area contributed by atoms with Gasteiger partial charge in [-0.15, -0.1) is 0 Å². The predicted octanol–water partition coefficient (Wildman–Crippen LogP) is 3.08. The Kier molecular flexibility index (Phi) is 3.13. The fourth-order valence-electron chi connectivity index (χ4n) is 2.10. The summed E-state index contributed by atoms with van der Waals surface area (Å²) in [5, 5.41) is 0.777. The molecule has 0 atom stereocenters. The number of para-hydroxylation sites is 1. The molecule has 0 radical (unpaired) electrons. The number of hydrogen-bond acceptors (Lipinski definition) is 4. The van der Waals surface area contributed by atoms with Crippen LogP contribution in [0.5, 0.6) is 0 Å². The summed E-state index contributed by atoms with van der Waals surface area (Å²) in [6, 6.07) is 14.8. The minimum atomic E-state index is -0.374. The van der Waals surface area contributed by atoms with E-state index in [2.05, 4.69) is 9.97 Å². The number of aromatic nitrogens is 2. The third kappa shape index (κ3) is 2.12. The van der Waals surface area contributed by atoms with Gasteiger partial charge in [0.2, 0.25) is 0 Å². The average Bonchev–Trinajstić information content (AvgIpc) is 2.54. The first-order valence-corrected chi connectivity index (χ1v) is 6.19. The zero-order chi connectivity index (χ0) is 13.9. The van der Waals surface area contributed by atoms with Crippen LogP contribution in [0.2, 0.25) is 0 Å². The van der Waals surface area contributed by atoms with E-state index < -0.39 is 0 Å². The number of rotatable bonds is 2. The van der Waals surface area contributed by atoms with E-state index in [4.69, 9.17) is 4.74 Å². The molecule has 0 saturated heterocycles. The number of hydrogen-bond donors (Lipinski definition) is 0. The van der Waals surface area contributed by atoms with E-state index in [1.807, 2.05) is 42.5 Å². The number of carbonyl (C=O) groups excluding carboxylic acids is 1. The van der Waals surface area contributed by atoms with Crippen LogP contribution in [0.3, 0.4) is 0 Å². The van der Waals surface area contributed by atoms with E-state index in [1.54, 1.807) is 12.3 Å². The summed E-state index contributed by atoms with van der Waals surface area (Å²) in [4.78, 5) is 20.8. The standard InChI is InChI=1S/C16H12N2O2/c1-20-16(19)12-10-15(14-8-4-5-9-17-14)18-13-7-3-2-6-11(12)13/h2-10H,1H3. The molecule has 2 aromatic heterocycles. The number of esters is 1. The van der Waals surface area contributed by atoms with Crippen molar-refractivity contribution in [2.45, 2.75) is 0 Å². The Hall–Kier alpha value is -2.75. The molecule has 4 nitrogen and oxygen atoms in total. The second-order valence-corrected chi connectivity index (χ2v) is 4.28. The van der Waals surface area contributed by atoms with Crippen LogP contribution in [-0.2, 0) is 4.74 Å². The lowest BCUT2D eigenvalue weighted by molar-refractivity contribution is 0.0603. The Balaban J connectivity index is 2.28. The molecule has 0 saturated carbocycles. The molecule has 0 spiro atoms. The van der Waals surface area contributed by atoms with Gasteiger partial charge in [-0.05, 0) is 24.3 Å². The lowest BCUT2D eigenvalue weighted by atomic mass is 10.1. The van der Waals surface area contributed by atoms with Gasteiger partial charge in [-0.25, -0.2) is 9.78 Å². The van der Waals surface area contributed by atoms with Gasteiger partial charge in [0, 0.05) is 11.6 Å². The molecule has 2 heterocycles. The SMILES string of the molecule is COC(=O)c1cc(-c2ccccn2)nc2ccccc12. The lowest BCUT2D eigenvalue weighted by Gasteiger charge is -2.07. The van der Waals surface area contributed by atoms with Gasteiger partial charge in [0.05, 0.1) is 29.6 Å². The summed E-state index contributed by atoms with van der Waals surface area (Å²) in [5.41, 5.74) is 2.63. The van der Waals surface area contributed by atoms with Crippen LogP contribution in [-0.4, -0.2) is 23.0 Å². The van der Waals surface area contributed by atoms with Gasteiger partial charge >= 0.3 is 5.97 Å². The number of benzene rings is 1. The first kappa shape index (κ1) is 12.3. The highest BCUT2D eigenvalue weighted by molar-refractivity contribution is 6.04. The molecule has 3 aromatic rings. The maximum absolute atomic E-state index is 11.9. The Morgan fingerprint density at radius 3 is 2.60 bits per heavy atom. The maximum atomic E-state index is 11.9. The van der Waals surface area contributed by atoms with Crippen molar-refractivity contribution >= 4 is 16.9 Å². The molecule has 1 aromatic carbocycles. The third-order valence-corrected chi connectivity index (χ3v) is 3.05. The highest BCUT2D eigenvalue weighted by atomic mass is 16.5. The topological polar surface area (TPSA) is 52.1 Å². The van der Waals surface area contributed by atoms with Crippen molar-refractivity contribution in [2.75, 3.05) is 7.11 Å². The Bertz CT molecular complexity index is 770. The van der Waals surface area contributed by atoms with E-state index in [9.17, 15) is 4.79 Å². The van der Waals surface area contributed by atoms with Crippen molar-refractivity contribution in [3.05, 3.63) is 60.3 Å². The maximum Gasteiger partial charge on any atom is 0.338 e. The molecule has 4 heteroatoms. The van der Waals surface area contributed by atoms with E-state index in [0.29, 0.717) is 11.3 Å². The molecule has 20 heavy (non-hydrogen) atoms. The number of nitrogens with zero attached hydrogens (tertiary/aromatic N) is 2. The Morgan fingerprint density at radius 2 is 1.85 bits per heavy atom. The molecule has 0 aliphatic heterocycles. The summed E-state index contributed by atoms with van der Waals surface area (Å²) in [5.74, 6) is -0.374. The van der Waals surface area contributed by atoms with Crippen molar-refractivity contribution in [1.29, 1.82) is 0 Å². The van der Waals surface area contributed by atoms with Gasteiger partial charge in [-0.3, -0.25) is 4.98 Å². The normalized spacial score (nSPS) is 10.4. The van der Waals surface area contributed by atoms with E-state index in [1.165, 1.54) is 7.11 Å². The molecule has 0 unspecified atom stereocenters.